The van der Waals surface area contributed by atoms with Gasteiger partial charge in [0.2, 0.25) is 0 Å². The van der Waals surface area contributed by atoms with Crippen LogP contribution in [-0.4, -0.2) is 58.4 Å². The highest BCUT2D eigenvalue weighted by molar-refractivity contribution is 5.58. The Balaban J connectivity index is 1.65. The second kappa shape index (κ2) is 8.63. The van der Waals surface area contributed by atoms with Crippen LogP contribution in [0.4, 0.5) is 10.1 Å². The van der Waals surface area contributed by atoms with Gasteiger partial charge >= 0.3 is 0 Å². The minimum Gasteiger partial charge on any atom is -0.495 e. The first-order chi connectivity index (χ1) is 14.9. The van der Waals surface area contributed by atoms with Gasteiger partial charge in [-0.25, -0.2) is 9.07 Å². The summed E-state index contributed by atoms with van der Waals surface area (Å²) in [7, 11) is 1.69. The maximum atomic E-state index is 14.9. The van der Waals surface area contributed by atoms with Crippen LogP contribution in [0.5, 0.6) is 5.75 Å². The zero-order chi connectivity index (χ0) is 22.0. The largest absolute Gasteiger partial charge is 0.495 e. The van der Waals surface area contributed by atoms with Gasteiger partial charge in [-0.15, -0.1) is 5.10 Å². The number of para-hydroxylation sites is 2. The number of nitrogens with zero attached hydrogens (tertiary/aromatic N) is 6. The SMILES string of the molecule is COc1ccccc1N1CCN([C@H](c2ccccc2F)c2nnnn2C(C)(C)C)CC1. The molecule has 1 aromatic heterocycles. The molecule has 0 radical (unpaired) electrons. The van der Waals surface area contributed by atoms with Crippen LogP contribution >= 0.6 is 0 Å². The highest BCUT2D eigenvalue weighted by Crippen LogP contribution is 2.34. The lowest BCUT2D eigenvalue weighted by Crippen LogP contribution is -2.49. The summed E-state index contributed by atoms with van der Waals surface area (Å²) in [6.45, 7) is 9.22. The van der Waals surface area contributed by atoms with Crippen LogP contribution in [0.15, 0.2) is 48.5 Å². The molecule has 164 valence electrons. The Morgan fingerprint density at radius 1 is 0.968 bits per heavy atom. The number of piperazine rings is 1. The van der Waals surface area contributed by atoms with E-state index < -0.39 is 0 Å². The minimum absolute atomic E-state index is 0.247. The van der Waals surface area contributed by atoms with Gasteiger partial charge in [0.15, 0.2) is 5.82 Å². The van der Waals surface area contributed by atoms with E-state index in [1.165, 1.54) is 6.07 Å². The number of tetrazole rings is 1. The minimum atomic E-state index is -0.366. The molecule has 1 saturated heterocycles. The van der Waals surface area contributed by atoms with E-state index in [9.17, 15) is 4.39 Å². The fourth-order valence-electron chi connectivity index (χ4n) is 4.15. The van der Waals surface area contributed by atoms with Gasteiger partial charge in [0.1, 0.15) is 17.6 Å². The Morgan fingerprint density at radius 3 is 2.32 bits per heavy atom. The number of rotatable bonds is 5. The van der Waals surface area contributed by atoms with E-state index in [1.54, 1.807) is 17.9 Å². The monoisotopic (exact) mass is 424 g/mol. The first-order valence-electron chi connectivity index (χ1n) is 10.6. The first-order valence-corrected chi connectivity index (χ1v) is 10.6. The van der Waals surface area contributed by atoms with Crippen LogP contribution in [0.2, 0.25) is 0 Å². The average molecular weight is 425 g/mol. The maximum absolute atomic E-state index is 14.9. The molecule has 2 aromatic carbocycles. The van der Waals surface area contributed by atoms with E-state index in [0.717, 1.165) is 37.6 Å². The number of ether oxygens (including phenoxy) is 1. The Kier molecular flexibility index (Phi) is 5.91. The third-order valence-electron chi connectivity index (χ3n) is 5.68. The van der Waals surface area contributed by atoms with Gasteiger partial charge < -0.3 is 9.64 Å². The fraction of sp³-hybridized carbons (Fsp3) is 0.435. The number of hydrogen-bond acceptors (Lipinski definition) is 6. The summed E-state index contributed by atoms with van der Waals surface area (Å²) < 4.78 is 22.3. The normalized spacial score (nSPS) is 16.4. The Labute approximate surface area is 182 Å². The first kappa shape index (κ1) is 21.2. The third kappa shape index (κ3) is 4.25. The van der Waals surface area contributed by atoms with Gasteiger partial charge in [-0.3, -0.25) is 4.90 Å². The highest BCUT2D eigenvalue weighted by Gasteiger charge is 2.34. The Hall–Kier alpha value is -3.00. The van der Waals surface area contributed by atoms with E-state index in [-0.39, 0.29) is 17.4 Å². The molecule has 1 aliphatic rings. The van der Waals surface area contributed by atoms with Gasteiger partial charge in [0, 0.05) is 31.7 Å². The number of methoxy groups -OCH3 is 1. The molecule has 31 heavy (non-hydrogen) atoms. The van der Waals surface area contributed by atoms with Crippen LogP contribution < -0.4 is 9.64 Å². The van der Waals surface area contributed by atoms with Crippen molar-refractivity contribution in [3.05, 3.63) is 65.7 Å². The molecule has 8 heteroatoms. The lowest BCUT2D eigenvalue weighted by atomic mass is 10.0. The fourth-order valence-corrected chi connectivity index (χ4v) is 4.15. The molecule has 1 atom stereocenters. The predicted molar refractivity (Wildman–Crippen MR) is 118 cm³/mol. The summed E-state index contributed by atoms with van der Waals surface area (Å²) in [5.41, 5.74) is 1.35. The van der Waals surface area contributed by atoms with Gasteiger partial charge in [-0.2, -0.15) is 0 Å². The zero-order valence-electron chi connectivity index (χ0n) is 18.5. The zero-order valence-corrected chi connectivity index (χ0v) is 18.5. The summed E-state index contributed by atoms with van der Waals surface area (Å²) >= 11 is 0. The molecule has 0 spiro atoms. The molecule has 1 fully saturated rings. The molecular formula is C23H29FN6O. The van der Waals surface area contributed by atoms with Crippen LogP contribution in [0, 0.1) is 5.82 Å². The average Bonchev–Trinajstić information content (AvgIpc) is 3.26. The predicted octanol–water partition coefficient (Wildman–Crippen LogP) is 3.49. The Bertz CT molecular complexity index is 1020. The molecule has 3 aromatic rings. The quantitative estimate of drug-likeness (QED) is 0.625. The van der Waals surface area contributed by atoms with Crippen LogP contribution in [-0.2, 0) is 5.54 Å². The van der Waals surface area contributed by atoms with Gasteiger partial charge in [-0.05, 0) is 49.4 Å². The lowest BCUT2D eigenvalue weighted by molar-refractivity contribution is 0.188. The summed E-state index contributed by atoms with van der Waals surface area (Å²) in [5, 5.41) is 12.5. The van der Waals surface area contributed by atoms with E-state index in [0.29, 0.717) is 11.4 Å². The van der Waals surface area contributed by atoms with Crippen molar-refractivity contribution in [2.75, 3.05) is 38.2 Å². The topological polar surface area (TPSA) is 59.3 Å². The van der Waals surface area contributed by atoms with Gasteiger partial charge in [0.25, 0.3) is 0 Å². The maximum Gasteiger partial charge on any atom is 0.173 e. The Morgan fingerprint density at radius 2 is 1.65 bits per heavy atom. The number of hydrogen-bond donors (Lipinski definition) is 0. The van der Waals surface area contributed by atoms with E-state index in [1.807, 2.05) is 51.1 Å². The second-order valence-corrected chi connectivity index (χ2v) is 8.74. The lowest BCUT2D eigenvalue weighted by Gasteiger charge is -2.40. The summed E-state index contributed by atoms with van der Waals surface area (Å²) in [4.78, 5) is 4.57. The highest BCUT2D eigenvalue weighted by atomic mass is 19.1. The van der Waals surface area contributed by atoms with Crippen molar-refractivity contribution in [2.45, 2.75) is 32.4 Å². The molecule has 4 rings (SSSR count). The molecule has 0 N–H and O–H groups in total. The summed E-state index contributed by atoms with van der Waals surface area (Å²) in [6.07, 6.45) is 0. The van der Waals surface area contributed by atoms with Gasteiger partial charge in [-0.1, -0.05) is 30.3 Å². The van der Waals surface area contributed by atoms with Crippen LogP contribution in [0.25, 0.3) is 0 Å². The number of anilines is 1. The van der Waals surface area contributed by atoms with Crippen LogP contribution in [0.1, 0.15) is 38.2 Å². The van der Waals surface area contributed by atoms with Crippen molar-refractivity contribution in [3.8, 4) is 5.75 Å². The van der Waals surface area contributed by atoms with Crippen molar-refractivity contribution in [1.29, 1.82) is 0 Å². The molecule has 0 unspecified atom stereocenters. The molecule has 2 heterocycles. The molecule has 0 saturated carbocycles. The number of benzene rings is 2. The second-order valence-electron chi connectivity index (χ2n) is 8.74. The number of halogens is 1. The van der Waals surface area contributed by atoms with Crippen molar-refractivity contribution < 1.29 is 9.13 Å². The van der Waals surface area contributed by atoms with Crippen molar-refractivity contribution in [1.82, 2.24) is 25.1 Å². The van der Waals surface area contributed by atoms with E-state index in [2.05, 4.69) is 31.4 Å². The van der Waals surface area contributed by atoms with Crippen molar-refractivity contribution >= 4 is 5.69 Å². The summed E-state index contributed by atoms with van der Waals surface area (Å²) in [5.74, 6) is 1.27. The molecule has 0 aliphatic carbocycles. The van der Waals surface area contributed by atoms with E-state index in [4.69, 9.17) is 4.74 Å². The molecule has 0 amide bonds. The standard InChI is InChI=1S/C23H29FN6O/c1-23(2,3)30-22(25-26-27-30)21(17-9-5-6-10-18(17)24)29-15-13-28(14-16-29)19-11-7-8-12-20(19)31-4/h5-12,21H,13-16H2,1-4H3/t21-/m1/s1. The number of aromatic nitrogens is 4. The molecule has 0 bridgehead atoms. The molecule has 1 aliphatic heterocycles. The molecular weight excluding hydrogens is 395 g/mol. The third-order valence-corrected chi connectivity index (χ3v) is 5.68. The molecule has 7 nitrogen and oxygen atoms in total. The summed E-state index contributed by atoms with van der Waals surface area (Å²) in [6, 6.07) is 14.6. The van der Waals surface area contributed by atoms with Crippen LogP contribution in [0.3, 0.4) is 0 Å². The van der Waals surface area contributed by atoms with Crippen molar-refractivity contribution in [3.63, 3.8) is 0 Å². The van der Waals surface area contributed by atoms with E-state index >= 15 is 0 Å². The van der Waals surface area contributed by atoms with Gasteiger partial charge in [0.05, 0.1) is 18.3 Å². The van der Waals surface area contributed by atoms with Crippen molar-refractivity contribution in [2.24, 2.45) is 0 Å². The smallest absolute Gasteiger partial charge is 0.173 e.